The molecule has 3 aliphatic heterocycles. The number of piperidine rings is 1. The largest absolute Gasteiger partial charge is 0.384 e. The van der Waals surface area contributed by atoms with Crippen molar-refractivity contribution in [3.05, 3.63) is 35.4 Å². The molecule has 0 aliphatic carbocycles. The van der Waals surface area contributed by atoms with E-state index in [1.165, 1.54) is 37.1 Å². The molecular formula is C23H35N3O2. The monoisotopic (exact) mass is 385 g/mol. The van der Waals surface area contributed by atoms with Crippen molar-refractivity contribution in [2.24, 2.45) is 11.8 Å². The first kappa shape index (κ1) is 19.9. The lowest BCUT2D eigenvalue weighted by atomic mass is 9.87. The van der Waals surface area contributed by atoms with Crippen LogP contribution in [0.2, 0.25) is 0 Å². The number of hydrogen-bond donors (Lipinski definition) is 0. The molecule has 0 radical (unpaired) electrons. The summed E-state index contributed by atoms with van der Waals surface area (Å²) in [6.07, 6.45) is 3.04. The maximum Gasteiger partial charge on any atom is 0.225 e. The van der Waals surface area contributed by atoms with Gasteiger partial charge in [0.1, 0.15) is 0 Å². The number of benzene rings is 1. The molecule has 1 amide bonds. The van der Waals surface area contributed by atoms with Crippen molar-refractivity contribution in [1.29, 1.82) is 0 Å². The van der Waals surface area contributed by atoms with Crippen LogP contribution in [-0.4, -0.2) is 80.1 Å². The zero-order chi connectivity index (χ0) is 19.7. The predicted octanol–water partition coefficient (Wildman–Crippen LogP) is 2.56. The SMILES string of the molecule is COCCC(=O)N1C[C@@H]2CN(C3CCN(C)CC3)C[C@@H]2[C@H]1c1ccccc1C. The number of hydrogen-bond acceptors (Lipinski definition) is 4. The summed E-state index contributed by atoms with van der Waals surface area (Å²) >= 11 is 0. The molecule has 0 bridgehead atoms. The van der Waals surface area contributed by atoms with Gasteiger partial charge in [-0.15, -0.1) is 0 Å². The van der Waals surface area contributed by atoms with E-state index in [9.17, 15) is 4.79 Å². The van der Waals surface area contributed by atoms with Crippen molar-refractivity contribution in [3.63, 3.8) is 0 Å². The third-order valence-corrected chi connectivity index (χ3v) is 7.24. The number of fused-ring (bicyclic) bond motifs is 1. The summed E-state index contributed by atoms with van der Waals surface area (Å²) in [5.74, 6) is 1.39. The number of nitrogens with zero attached hydrogens (tertiary/aromatic N) is 3. The molecule has 3 aliphatic rings. The summed E-state index contributed by atoms with van der Waals surface area (Å²) in [6.45, 7) is 8.28. The molecule has 28 heavy (non-hydrogen) atoms. The minimum absolute atomic E-state index is 0.215. The van der Waals surface area contributed by atoms with Gasteiger partial charge in [0, 0.05) is 38.7 Å². The fraction of sp³-hybridized carbons (Fsp3) is 0.696. The quantitative estimate of drug-likeness (QED) is 0.781. The van der Waals surface area contributed by atoms with E-state index in [1.807, 2.05) is 0 Å². The van der Waals surface area contributed by atoms with E-state index in [0.717, 1.165) is 25.7 Å². The third kappa shape index (κ3) is 3.85. The summed E-state index contributed by atoms with van der Waals surface area (Å²) in [5.41, 5.74) is 2.64. The summed E-state index contributed by atoms with van der Waals surface area (Å²) in [6, 6.07) is 9.57. The van der Waals surface area contributed by atoms with Crippen molar-refractivity contribution in [1.82, 2.24) is 14.7 Å². The molecule has 0 aromatic heterocycles. The molecule has 154 valence electrons. The molecule has 0 unspecified atom stereocenters. The number of methoxy groups -OCH3 is 1. The summed E-state index contributed by atoms with van der Waals surface area (Å²) in [5, 5.41) is 0. The number of carbonyl (C=O) groups is 1. The number of rotatable bonds is 5. The van der Waals surface area contributed by atoms with Crippen molar-refractivity contribution < 1.29 is 9.53 Å². The van der Waals surface area contributed by atoms with Crippen LogP contribution < -0.4 is 0 Å². The zero-order valence-electron chi connectivity index (χ0n) is 17.6. The molecule has 3 saturated heterocycles. The predicted molar refractivity (Wildman–Crippen MR) is 111 cm³/mol. The first-order chi connectivity index (χ1) is 13.6. The molecule has 1 aromatic carbocycles. The van der Waals surface area contributed by atoms with Crippen LogP contribution in [0.4, 0.5) is 0 Å². The highest BCUT2D eigenvalue weighted by Gasteiger charge is 2.50. The van der Waals surface area contributed by atoms with Gasteiger partial charge in [0.05, 0.1) is 19.1 Å². The van der Waals surface area contributed by atoms with Crippen LogP contribution in [0, 0.1) is 18.8 Å². The fourth-order valence-electron chi connectivity index (χ4n) is 5.64. The Hall–Kier alpha value is -1.43. The van der Waals surface area contributed by atoms with Crippen molar-refractivity contribution in [3.8, 4) is 0 Å². The lowest BCUT2D eigenvalue weighted by Crippen LogP contribution is -2.44. The Labute approximate surface area is 169 Å². The molecular weight excluding hydrogens is 350 g/mol. The van der Waals surface area contributed by atoms with Gasteiger partial charge in [0.15, 0.2) is 0 Å². The van der Waals surface area contributed by atoms with Gasteiger partial charge in [0.25, 0.3) is 0 Å². The molecule has 3 fully saturated rings. The van der Waals surface area contributed by atoms with Gasteiger partial charge in [-0.05, 0) is 56.9 Å². The Bertz CT molecular complexity index is 686. The van der Waals surface area contributed by atoms with E-state index in [0.29, 0.717) is 24.9 Å². The molecule has 4 rings (SSSR count). The van der Waals surface area contributed by atoms with Crippen molar-refractivity contribution >= 4 is 5.91 Å². The van der Waals surface area contributed by atoms with E-state index in [-0.39, 0.29) is 11.9 Å². The van der Waals surface area contributed by atoms with Crippen LogP contribution in [-0.2, 0) is 9.53 Å². The maximum atomic E-state index is 13.0. The number of ether oxygens (including phenoxy) is 1. The molecule has 0 spiro atoms. The number of aryl methyl sites for hydroxylation is 1. The topological polar surface area (TPSA) is 36.0 Å². The van der Waals surface area contributed by atoms with Crippen LogP contribution >= 0.6 is 0 Å². The Morgan fingerprint density at radius 3 is 2.61 bits per heavy atom. The second-order valence-corrected chi connectivity index (χ2v) is 9.00. The van der Waals surface area contributed by atoms with E-state index in [4.69, 9.17) is 4.74 Å². The minimum atomic E-state index is 0.215. The van der Waals surface area contributed by atoms with E-state index in [2.05, 4.69) is 52.9 Å². The molecule has 0 N–H and O–H groups in total. The average Bonchev–Trinajstić information content (AvgIpc) is 3.25. The van der Waals surface area contributed by atoms with Gasteiger partial charge in [-0.3, -0.25) is 9.69 Å². The molecule has 5 heteroatoms. The Morgan fingerprint density at radius 1 is 1.14 bits per heavy atom. The normalized spacial score (nSPS) is 29.4. The molecule has 3 atom stereocenters. The second-order valence-electron chi connectivity index (χ2n) is 9.00. The van der Waals surface area contributed by atoms with Crippen LogP contribution in [0.5, 0.6) is 0 Å². The average molecular weight is 386 g/mol. The molecule has 3 heterocycles. The van der Waals surface area contributed by atoms with E-state index in [1.54, 1.807) is 7.11 Å². The highest BCUT2D eigenvalue weighted by molar-refractivity contribution is 5.77. The number of likely N-dealkylation sites (tertiary alicyclic amines) is 3. The number of amides is 1. The van der Waals surface area contributed by atoms with Crippen LogP contribution in [0.15, 0.2) is 24.3 Å². The standard InChI is InChI=1S/C23H35N3O2/c1-17-6-4-5-7-20(17)23-21-16-25(19-8-11-24(2)12-9-19)14-18(21)15-26(23)22(27)10-13-28-3/h4-7,18-19,21,23H,8-16H2,1-3H3/t18-,21-,23+/m0/s1. The van der Waals surface area contributed by atoms with Crippen molar-refractivity contribution in [2.45, 2.75) is 38.3 Å². The Balaban J connectivity index is 1.54. The molecule has 0 saturated carbocycles. The van der Waals surface area contributed by atoms with Gasteiger partial charge in [-0.25, -0.2) is 0 Å². The second kappa shape index (κ2) is 8.52. The third-order valence-electron chi connectivity index (χ3n) is 7.24. The van der Waals surface area contributed by atoms with Gasteiger partial charge in [0.2, 0.25) is 5.91 Å². The Kier molecular flexibility index (Phi) is 6.04. The van der Waals surface area contributed by atoms with Gasteiger partial charge in [-0.1, -0.05) is 24.3 Å². The molecule has 5 nitrogen and oxygen atoms in total. The summed E-state index contributed by atoms with van der Waals surface area (Å²) < 4.78 is 5.18. The molecule has 1 aromatic rings. The van der Waals surface area contributed by atoms with Gasteiger partial charge >= 0.3 is 0 Å². The highest BCUT2D eigenvalue weighted by atomic mass is 16.5. The van der Waals surface area contributed by atoms with E-state index < -0.39 is 0 Å². The zero-order valence-corrected chi connectivity index (χ0v) is 17.6. The smallest absolute Gasteiger partial charge is 0.225 e. The van der Waals surface area contributed by atoms with Crippen LogP contribution in [0.1, 0.15) is 36.4 Å². The number of carbonyl (C=O) groups excluding carboxylic acids is 1. The van der Waals surface area contributed by atoms with E-state index >= 15 is 0 Å². The first-order valence-electron chi connectivity index (χ1n) is 10.8. The fourth-order valence-corrected chi connectivity index (χ4v) is 5.64. The van der Waals surface area contributed by atoms with Crippen LogP contribution in [0.25, 0.3) is 0 Å². The van der Waals surface area contributed by atoms with Crippen LogP contribution in [0.3, 0.4) is 0 Å². The summed E-state index contributed by atoms with van der Waals surface area (Å²) in [4.78, 5) is 20.3. The Morgan fingerprint density at radius 2 is 1.89 bits per heavy atom. The van der Waals surface area contributed by atoms with Gasteiger partial charge < -0.3 is 14.5 Å². The minimum Gasteiger partial charge on any atom is -0.384 e. The highest BCUT2D eigenvalue weighted by Crippen LogP contribution is 2.46. The van der Waals surface area contributed by atoms with Gasteiger partial charge in [-0.2, -0.15) is 0 Å². The van der Waals surface area contributed by atoms with Crippen molar-refractivity contribution in [2.75, 3.05) is 53.5 Å². The maximum absolute atomic E-state index is 13.0. The summed E-state index contributed by atoms with van der Waals surface area (Å²) in [7, 11) is 3.90. The first-order valence-corrected chi connectivity index (χ1v) is 10.8. The lowest BCUT2D eigenvalue weighted by Gasteiger charge is -2.37. The lowest BCUT2D eigenvalue weighted by molar-refractivity contribution is -0.133.